The zero-order valence-corrected chi connectivity index (χ0v) is 10.9. The van der Waals surface area contributed by atoms with E-state index in [9.17, 15) is 5.11 Å². The van der Waals surface area contributed by atoms with Gasteiger partial charge >= 0.3 is 0 Å². The van der Waals surface area contributed by atoms with E-state index in [2.05, 4.69) is 31.2 Å². The Hall–Kier alpha value is -1.12. The van der Waals surface area contributed by atoms with Crippen molar-refractivity contribution in [3.05, 3.63) is 47.5 Å². The van der Waals surface area contributed by atoms with Gasteiger partial charge in [0, 0.05) is 0 Å². The molecule has 2 atom stereocenters. The van der Waals surface area contributed by atoms with Crippen molar-refractivity contribution in [1.82, 2.24) is 0 Å². The third-order valence-electron chi connectivity index (χ3n) is 3.28. The van der Waals surface area contributed by atoms with Gasteiger partial charge in [0.2, 0.25) is 0 Å². The van der Waals surface area contributed by atoms with Crippen molar-refractivity contribution in [2.75, 3.05) is 0 Å². The van der Waals surface area contributed by atoms with Crippen LogP contribution in [0.2, 0.25) is 0 Å². The number of hydrogen-bond donors (Lipinski definition) is 1. The molecule has 0 amide bonds. The van der Waals surface area contributed by atoms with Gasteiger partial charge in [0.05, 0.1) is 5.60 Å². The second-order valence-electron chi connectivity index (χ2n) is 5.52. The Labute approximate surface area is 103 Å². The minimum Gasteiger partial charge on any atom is -0.387 e. The first kappa shape index (κ1) is 12.3. The molecule has 1 aliphatic heterocycles. The molecule has 0 aliphatic carbocycles. The summed E-state index contributed by atoms with van der Waals surface area (Å²) in [6, 6.07) is 8.31. The fourth-order valence-electron chi connectivity index (χ4n) is 2.04. The van der Waals surface area contributed by atoms with E-state index in [1.807, 2.05) is 19.1 Å². The molecule has 1 aromatic carbocycles. The smallest absolute Gasteiger partial charge is 0.109 e. The van der Waals surface area contributed by atoms with Gasteiger partial charge in [-0.05, 0) is 39.3 Å². The van der Waals surface area contributed by atoms with Gasteiger partial charge in [-0.1, -0.05) is 35.9 Å². The summed E-state index contributed by atoms with van der Waals surface area (Å²) in [5, 5.41) is 9.96. The number of ether oxygens (including phenoxy) is 1. The van der Waals surface area contributed by atoms with Gasteiger partial charge in [-0.3, -0.25) is 0 Å². The quantitative estimate of drug-likeness (QED) is 0.794. The lowest BCUT2D eigenvalue weighted by atomic mass is 9.95. The van der Waals surface area contributed by atoms with Crippen LogP contribution in [0.4, 0.5) is 0 Å². The van der Waals surface area contributed by atoms with Crippen LogP contribution in [0.15, 0.2) is 36.4 Å². The highest BCUT2D eigenvalue weighted by atomic mass is 16.5. The highest BCUT2D eigenvalue weighted by molar-refractivity contribution is 5.32. The van der Waals surface area contributed by atoms with Crippen LogP contribution in [0.5, 0.6) is 0 Å². The number of benzene rings is 1. The van der Waals surface area contributed by atoms with Crippen molar-refractivity contribution < 1.29 is 9.84 Å². The molecular formula is C15H20O2. The maximum absolute atomic E-state index is 9.96. The summed E-state index contributed by atoms with van der Waals surface area (Å²) in [6.45, 7) is 7.63. The summed E-state index contributed by atoms with van der Waals surface area (Å²) >= 11 is 0. The third kappa shape index (κ3) is 2.43. The fourth-order valence-corrected chi connectivity index (χ4v) is 2.04. The van der Waals surface area contributed by atoms with Crippen molar-refractivity contribution in [1.29, 1.82) is 0 Å². The number of aliphatic hydroxyl groups is 1. The Balaban J connectivity index is 2.24. The van der Waals surface area contributed by atoms with E-state index in [0.29, 0.717) is 0 Å². The van der Waals surface area contributed by atoms with E-state index in [-0.39, 0.29) is 6.10 Å². The molecule has 0 spiro atoms. The lowest BCUT2D eigenvalue weighted by molar-refractivity contribution is -0.106. The fraction of sp³-hybridized carbons (Fsp3) is 0.467. The van der Waals surface area contributed by atoms with Crippen molar-refractivity contribution in [2.45, 2.75) is 45.0 Å². The van der Waals surface area contributed by atoms with Gasteiger partial charge in [0.25, 0.3) is 0 Å². The molecule has 2 rings (SSSR count). The lowest BCUT2D eigenvalue weighted by Gasteiger charge is -2.30. The van der Waals surface area contributed by atoms with Gasteiger partial charge < -0.3 is 9.84 Å². The maximum Gasteiger partial charge on any atom is 0.109 e. The molecule has 17 heavy (non-hydrogen) atoms. The number of aryl methyl sites for hydroxylation is 1. The molecule has 0 saturated carbocycles. The Bertz CT molecular complexity index is 425. The first-order valence-electron chi connectivity index (χ1n) is 5.98. The molecule has 2 nitrogen and oxygen atoms in total. The minimum absolute atomic E-state index is 0.256. The molecule has 1 heterocycles. The van der Waals surface area contributed by atoms with Crippen molar-refractivity contribution in [2.24, 2.45) is 0 Å². The zero-order valence-electron chi connectivity index (χ0n) is 10.9. The molecule has 0 radical (unpaired) electrons. The summed E-state index contributed by atoms with van der Waals surface area (Å²) < 4.78 is 5.98. The third-order valence-corrected chi connectivity index (χ3v) is 3.28. The molecule has 0 bridgehead atoms. The number of rotatable bonds is 2. The predicted octanol–water partition coefficient (Wildman–Crippen LogP) is 2.94. The van der Waals surface area contributed by atoms with Crippen LogP contribution in [0, 0.1) is 6.92 Å². The van der Waals surface area contributed by atoms with E-state index in [0.717, 1.165) is 5.56 Å². The Morgan fingerprint density at radius 3 is 2.29 bits per heavy atom. The Morgan fingerprint density at radius 1 is 1.24 bits per heavy atom. The first-order valence-corrected chi connectivity index (χ1v) is 5.98. The van der Waals surface area contributed by atoms with Crippen molar-refractivity contribution >= 4 is 0 Å². The van der Waals surface area contributed by atoms with Crippen LogP contribution in [-0.2, 0) is 10.3 Å². The van der Waals surface area contributed by atoms with Gasteiger partial charge in [-0.25, -0.2) is 0 Å². The van der Waals surface area contributed by atoms with Gasteiger partial charge in [0.15, 0.2) is 0 Å². The molecule has 0 fully saturated rings. The van der Waals surface area contributed by atoms with Gasteiger partial charge in [0.1, 0.15) is 11.7 Å². The molecular weight excluding hydrogens is 212 g/mol. The largest absolute Gasteiger partial charge is 0.387 e. The molecule has 0 saturated heterocycles. The van der Waals surface area contributed by atoms with Crippen molar-refractivity contribution in [3.8, 4) is 0 Å². The average molecular weight is 232 g/mol. The molecule has 0 aromatic heterocycles. The Kier molecular flexibility index (Phi) is 2.88. The van der Waals surface area contributed by atoms with Crippen LogP contribution < -0.4 is 0 Å². The zero-order chi connectivity index (χ0) is 12.7. The van der Waals surface area contributed by atoms with Crippen LogP contribution >= 0.6 is 0 Å². The topological polar surface area (TPSA) is 29.5 Å². The summed E-state index contributed by atoms with van der Waals surface area (Å²) in [7, 11) is 0. The van der Waals surface area contributed by atoms with E-state index in [1.54, 1.807) is 13.8 Å². The van der Waals surface area contributed by atoms with E-state index in [1.165, 1.54) is 5.56 Å². The molecule has 92 valence electrons. The molecule has 1 aliphatic rings. The standard InChI is InChI=1S/C15H20O2/c1-11-5-7-12(8-6-11)15(4)10-9-13(17-15)14(2,3)16/h5-10,13,16H,1-4H3/t13-,15+/m1/s1. The highest BCUT2D eigenvalue weighted by Crippen LogP contribution is 2.36. The van der Waals surface area contributed by atoms with Gasteiger partial charge in [-0.2, -0.15) is 0 Å². The Morgan fingerprint density at radius 2 is 1.82 bits per heavy atom. The first-order chi connectivity index (χ1) is 7.81. The predicted molar refractivity (Wildman–Crippen MR) is 68.8 cm³/mol. The van der Waals surface area contributed by atoms with Crippen LogP contribution in [0.25, 0.3) is 0 Å². The summed E-state index contributed by atoms with van der Waals surface area (Å²) in [5.74, 6) is 0. The molecule has 2 heteroatoms. The number of hydrogen-bond acceptors (Lipinski definition) is 2. The molecule has 1 aromatic rings. The highest BCUT2D eigenvalue weighted by Gasteiger charge is 2.38. The van der Waals surface area contributed by atoms with E-state index >= 15 is 0 Å². The average Bonchev–Trinajstić information content (AvgIpc) is 2.62. The second-order valence-corrected chi connectivity index (χ2v) is 5.52. The van der Waals surface area contributed by atoms with E-state index < -0.39 is 11.2 Å². The van der Waals surface area contributed by atoms with Crippen LogP contribution in [0.3, 0.4) is 0 Å². The summed E-state index contributed by atoms with van der Waals surface area (Å²) in [4.78, 5) is 0. The second kappa shape index (κ2) is 3.97. The molecule has 1 N–H and O–H groups in total. The van der Waals surface area contributed by atoms with Gasteiger partial charge in [-0.15, -0.1) is 0 Å². The lowest BCUT2D eigenvalue weighted by Crippen LogP contribution is -2.38. The van der Waals surface area contributed by atoms with Crippen LogP contribution in [0.1, 0.15) is 31.9 Å². The maximum atomic E-state index is 9.96. The minimum atomic E-state index is -0.848. The normalized spacial score (nSPS) is 28.6. The van der Waals surface area contributed by atoms with Crippen LogP contribution in [-0.4, -0.2) is 16.8 Å². The molecule has 0 unspecified atom stereocenters. The summed E-state index contributed by atoms with van der Waals surface area (Å²) in [6.07, 6.45) is 3.72. The van der Waals surface area contributed by atoms with Crippen molar-refractivity contribution in [3.63, 3.8) is 0 Å². The summed E-state index contributed by atoms with van der Waals surface area (Å²) in [5.41, 5.74) is 1.07. The van der Waals surface area contributed by atoms with E-state index in [4.69, 9.17) is 4.74 Å². The monoisotopic (exact) mass is 232 g/mol. The SMILES string of the molecule is Cc1ccc([C@]2(C)C=C[C@H](C(C)(C)O)O2)cc1.